The summed E-state index contributed by atoms with van der Waals surface area (Å²) in [6.45, 7) is 14.0. The lowest BCUT2D eigenvalue weighted by atomic mass is 9.85. The van der Waals surface area contributed by atoms with Crippen LogP contribution < -0.4 is 0 Å². The van der Waals surface area contributed by atoms with Crippen LogP contribution in [0, 0.1) is 17.3 Å². The van der Waals surface area contributed by atoms with Crippen LogP contribution in [0.1, 0.15) is 67.2 Å². The maximum Gasteiger partial charge on any atom is -0.0383 e. The molecule has 1 unspecified atom stereocenters. The summed E-state index contributed by atoms with van der Waals surface area (Å²) in [5, 5.41) is 0. The van der Waals surface area contributed by atoms with Gasteiger partial charge in [0.2, 0.25) is 0 Å². The molecule has 0 nitrogen and oxygen atoms in total. The van der Waals surface area contributed by atoms with Gasteiger partial charge in [-0.1, -0.05) is 60.8 Å². The zero-order valence-corrected chi connectivity index (χ0v) is 10.5. The lowest BCUT2D eigenvalue weighted by molar-refractivity contribution is 0.314. The largest absolute Gasteiger partial charge is 0.0628 e. The van der Waals surface area contributed by atoms with Crippen LogP contribution in [0.15, 0.2) is 0 Å². The third-order valence-electron chi connectivity index (χ3n) is 2.62. The van der Waals surface area contributed by atoms with E-state index in [1.54, 1.807) is 0 Å². The highest BCUT2D eigenvalue weighted by Crippen LogP contribution is 2.25. The van der Waals surface area contributed by atoms with E-state index in [-0.39, 0.29) is 0 Å². The molecular formula is C13H28. The standard InChI is InChI=1S/C13H28/c1-11(2)7-8-12(3)9-10-13(4,5)6/h11-12H,7-10H2,1-6H3. The normalized spacial score (nSPS) is 15.0. The second-order valence-corrected chi connectivity index (χ2v) is 6.18. The predicted molar refractivity (Wildman–Crippen MR) is 61.9 cm³/mol. The Morgan fingerprint density at radius 3 is 1.77 bits per heavy atom. The molecule has 0 rings (SSSR count). The van der Waals surface area contributed by atoms with Crippen LogP contribution in [-0.2, 0) is 0 Å². The molecule has 13 heavy (non-hydrogen) atoms. The molecule has 0 aromatic heterocycles. The lowest BCUT2D eigenvalue weighted by Crippen LogP contribution is -2.08. The third-order valence-corrected chi connectivity index (χ3v) is 2.62. The van der Waals surface area contributed by atoms with E-state index in [9.17, 15) is 0 Å². The molecule has 1 atom stereocenters. The predicted octanol–water partition coefficient (Wildman–Crippen LogP) is 4.89. The lowest BCUT2D eigenvalue weighted by Gasteiger charge is -2.21. The van der Waals surface area contributed by atoms with E-state index >= 15 is 0 Å². The van der Waals surface area contributed by atoms with Crippen LogP contribution in [0.25, 0.3) is 0 Å². The molecule has 0 aliphatic heterocycles. The number of rotatable bonds is 5. The van der Waals surface area contributed by atoms with Gasteiger partial charge in [-0.3, -0.25) is 0 Å². The van der Waals surface area contributed by atoms with Gasteiger partial charge >= 0.3 is 0 Å². The molecular weight excluding hydrogens is 156 g/mol. The Bertz CT molecular complexity index is 116. The second-order valence-electron chi connectivity index (χ2n) is 6.18. The summed E-state index contributed by atoms with van der Waals surface area (Å²) in [6.07, 6.45) is 5.57. The summed E-state index contributed by atoms with van der Waals surface area (Å²) < 4.78 is 0. The maximum absolute atomic E-state index is 2.40. The van der Waals surface area contributed by atoms with Crippen molar-refractivity contribution in [2.45, 2.75) is 67.2 Å². The van der Waals surface area contributed by atoms with E-state index in [0.717, 1.165) is 11.8 Å². The minimum absolute atomic E-state index is 0.520. The molecule has 0 spiro atoms. The molecule has 0 amide bonds. The van der Waals surface area contributed by atoms with Crippen molar-refractivity contribution in [2.24, 2.45) is 17.3 Å². The molecule has 0 bridgehead atoms. The summed E-state index contributed by atoms with van der Waals surface area (Å²) in [5.41, 5.74) is 0.520. The van der Waals surface area contributed by atoms with Gasteiger partial charge in [0.1, 0.15) is 0 Å². The van der Waals surface area contributed by atoms with Crippen LogP contribution in [0.4, 0.5) is 0 Å². The molecule has 0 heterocycles. The fraction of sp³-hybridized carbons (Fsp3) is 1.00. The van der Waals surface area contributed by atoms with Crippen molar-refractivity contribution in [1.82, 2.24) is 0 Å². The Morgan fingerprint density at radius 2 is 1.38 bits per heavy atom. The topological polar surface area (TPSA) is 0 Å². The van der Waals surface area contributed by atoms with Gasteiger partial charge in [0.05, 0.1) is 0 Å². The fourth-order valence-electron chi connectivity index (χ4n) is 1.44. The third kappa shape index (κ3) is 9.92. The van der Waals surface area contributed by atoms with Gasteiger partial charge in [-0.25, -0.2) is 0 Å². The van der Waals surface area contributed by atoms with Crippen LogP contribution in [0.5, 0.6) is 0 Å². The van der Waals surface area contributed by atoms with Crippen molar-refractivity contribution in [2.75, 3.05) is 0 Å². The van der Waals surface area contributed by atoms with Crippen molar-refractivity contribution in [3.05, 3.63) is 0 Å². The highest BCUT2D eigenvalue weighted by atomic mass is 14.2. The molecule has 0 aromatic rings. The summed E-state index contributed by atoms with van der Waals surface area (Å²) in [7, 11) is 0. The van der Waals surface area contributed by atoms with Crippen LogP contribution in [0.3, 0.4) is 0 Å². The smallest absolute Gasteiger partial charge is 0.0383 e. The fourth-order valence-corrected chi connectivity index (χ4v) is 1.44. The van der Waals surface area contributed by atoms with Gasteiger partial charge in [0, 0.05) is 0 Å². The van der Waals surface area contributed by atoms with Crippen LogP contribution in [0.2, 0.25) is 0 Å². The Morgan fingerprint density at radius 1 is 0.846 bits per heavy atom. The van der Waals surface area contributed by atoms with E-state index in [0.29, 0.717) is 5.41 Å². The van der Waals surface area contributed by atoms with Crippen LogP contribution in [-0.4, -0.2) is 0 Å². The van der Waals surface area contributed by atoms with Crippen molar-refractivity contribution >= 4 is 0 Å². The van der Waals surface area contributed by atoms with Gasteiger partial charge < -0.3 is 0 Å². The minimum atomic E-state index is 0.520. The zero-order chi connectivity index (χ0) is 10.5. The second kappa shape index (κ2) is 5.67. The Hall–Kier alpha value is 0. The van der Waals surface area contributed by atoms with E-state index in [1.165, 1.54) is 25.7 Å². The molecule has 0 radical (unpaired) electrons. The van der Waals surface area contributed by atoms with Crippen molar-refractivity contribution in [3.8, 4) is 0 Å². The first-order chi connectivity index (χ1) is 5.81. The first kappa shape index (κ1) is 13.0. The highest BCUT2D eigenvalue weighted by Gasteiger charge is 2.12. The van der Waals surface area contributed by atoms with E-state index in [4.69, 9.17) is 0 Å². The Labute approximate surface area is 85.1 Å². The molecule has 0 heteroatoms. The molecule has 0 aromatic carbocycles. The monoisotopic (exact) mass is 184 g/mol. The highest BCUT2D eigenvalue weighted by molar-refractivity contribution is 4.64. The van der Waals surface area contributed by atoms with Gasteiger partial charge in [0.25, 0.3) is 0 Å². The average molecular weight is 184 g/mol. The summed E-state index contributed by atoms with van der Waals surface area (Å²) >= 11 is 0. The van der Waals surface area contributed by atoms with Crippen LogP contribution >= 0.6 is 0 Å². The molecule has 0 saturated heterocycles. The SMILES string of the molecule is CC(C)CCC(C)CCC(C)(C)C. The minimum Gasteiger partial charge on any atom is -0.0628 e. The van der Waals surface area contributed by atoms with Gasteiger partial charge in [-0.05, 0) is 23.7 Å². The zero-order valence-electron chi connectivity index (χ0n) is 10.5. The van der Waals surface area contributed by atoms with E-state index in [2.05, 4.69) is 41.5 Å². The number of hydrogen-bond acceptors (Lipinski definition) is 0. The molecule has 0 aliphatic carbocycles. The van der Waals surface area contributed by atoms with Crippen molar-refractivity contribution in [3.63, 3.8) is 0 Å². The average Bonchev–Trinajstić information content (AvgIpc) is 1.95. The number of hydrogen-bond donors (Lipinski definition) is 0. The quantitative estimate of drug-likeness (QED) is 0.571. The molecule has 0 fully saturated rings. The molecule has 0 aliphatic rings. The Balaban J connectivity index is 3.46. The molecule has 0 saturated carbocycles. The first-order valence-electron chi connectivity index (χ1n) is 5.81. The maximum atomic E-state index is 2.40. The van der Waals surface area contributed by atoms with E-state index in [1.807, 2.05) is 0 Å². The van der Waals surface area contributed by atoms with Crippen molar-refractivity contribution < 1.29 is 0 Å². The Kier molecular flexibility index (Phi) is 5.67. The van der Waals surface area contributed by atoms with Gasteiger partial charge in [-0.15, -0.1) is 0 Å². The van der Waals surface area contributed by atoms with Crippen molar-refractivity contribution in [1.29, 1.82) is 0 Å². The first-order valence-corrected chi connectivity index (χ1v) is 5.81. The summed E-state index contributed by atoms with van der Waals surface area (Å²) in [6, 6.07) is 0. The molecule has 0 N–H and O–H groups in total. The summed E-state index contributed by atoms with van der Waals surface area (Å²) in [4.78, 5) is 0. The van der Waals surface area contributed by atoms with E-state index < -0.39 is 0 Å². The molecule has 80 valence electrons. The van der Waals surface area contributed by atoms with Gasteiger partial charge in [-0.2, -0.15) is 0 Å². The summed E-state index contributed by atoms with van der Waals surface area (Å²) in [5.74, 6) is 1.79. The van der Waals surface area contributed by atoms with Gasteiger partial charge in [0.15, 0.2) is 0 Å².